The lowest BCUT2D eigenvalue weighted by atomic mass is 9.46. The molecule has 0 saturated heterocycles. The number of allylic oxidation sites excluding steroid dienone is 1. The van der Waals surface area contributed by atoms with Crippen LogP contribution in [-0.4, -0.2) is 16.7 Å². The van der Waals surface area contributed by atoms with Gasteiger partial charge in [0.05, 0.1) is 11.8 Å². The van der Waals surface area contributed by atoms with Crippen LogP contribution in [0.4, 0.5) is 0 Å². The van der Waals surface area contributed by atoms with Crippen LogP contribution in [0.25, 0.3) is 0 Å². The van der Waals surface area contributed by atoms with Crippen molar-refractivity contribution in [1.29, 1.82) is 0 Å². The van der Waals surface area contributed by atoms with E-state index in [-0.39, 0.29) is 34.4 Å². The van der Waals surface area contributed by atoms with Gasteiger partial charge in [0, 0.05) is 5.92 Å². The van der Waals surface area contributed by atoms with Crippen LogP contribution < -0.4 is 0 Å². The molecule has 4 aliphatic rings. The summed E-state index contributed by atoms with van der Waals surface area (Å²) in [6.45, 7) is 6.57. The van der Waals surface area contributed by atoms with Crippen LogP contribution in [0.3, 0.4) is 0 Å². The maximum Gasteiger partial charge on any atom is 0.189 e. The molecule has 136 valence electrons. The number of Topliss-reactive ketones (excluding diaryl/α,β-unsaturated/α-hetero) is 1. The highest BCUT2D eigenvalue weighted by molar-refractivity contribution is 7.96. The summed E-state index contributed by atoms with van der Waals surface area (Å²) in [5.41, 5.74) is 0.640. The Labute approximate surface area is 155 Å². The molecule has 1 unspecified atom stereocenters. The average Bonchev–Trinajstić information content (AvgIpc) is 2.79. The molecule has 0 heterocycles. The maximum atomic E-state index is 12.9. The molecule has 0 spiro atoms. The van der Waals surface area contributed by atoms with E-state index in [4.69, 9.17) is 0 Å². The molecule has 0 aliphatic heterocycles. The fraction of sp³-hybridized carbons (Fsp3) is 0.762. The van der Waals surface area contributed by atoms with Gasteiger partial charge < -0.3 is 0 Å². The Morgan fingerprint density at radius 3 is 2.60 bits per heavy atom. The minimum Gasteiger partial charge on any atom is -0.298 e. The summed E-state index contributed by atoms with van der Waals surface area (Å²) in [7, 11) is 0. The van der Waals surface area contributed by atoms with E-state index in [9.17, 15) is 14.4 Å². The highest BCUT2D eigenvalue weighted by atomic mass is 32.1. The molecule has 3 saturated carbocycles. The molecule has 4 aliphatic carbocycles. The predicted octanol–water partition coefficient (Wildman–Crippen LogP) is 4.02. The first-order chi connectivity index (χ1) is 11.7. The first kappa shape index (κ1) is 17.5. The number of carbonyl (C=O) groups excluding carboxylic acids is 3. The van der Waals surface area contributed by atoms with Crippen molar-refractivity contribution in [2.24, 2.45) is 40.4 Å². The maximum absolute atomic E-state index is 12.9. The van der Waals surface area contributed by atoms with E-state index in [2.05, 4.69) is 33.4 Å². The van der Waals surface area contributed by atoms with Gasteiger partial charge in [-0.15, -0.1) is 12.6 Å². The molecular formula is C21H28O3S. The lowest BCUT2D eigenvalue weighted by Gasteiger charge is -2.57. The van der Waals surface area contributed by atoms with Crippen LogP contribution in [0, 0.1) is 40.4 Å². The van der Waals surface area contributed by atoms with Crippen molar-refractivity contribution in [3.63, 3.8) is 0 Å². The second kappa shape index (κ2) is 5.55. The molecule has 3 fully saturated rings. The zero-order valence-electron chi connectivity index (χ0n) is 15.4. The van der Waals surface area contributed by atoms with Gasteiger partial charge in [0.2, 0.25) is 0 Å². The van der Waals surface area contributed by atoms with Crippen molar-refractivity contribution >= 4 is 29.3 Å². The fourth-order valence-electron chi connectivity index (χ4n) is 7.31. The number of hydrogen-bond acceptors (Lipinski definition) is 3. The lowest BCUT2D eigenvalue weighted by Crippen LogP contribution is -2.54. The number of fused-ring (bicyclic) bond motifs is 5. The molecule has 4 rings (SSSR count). The molecule has 0 bridgehead atoms. The van der Waals surface area contributed by atoms with Crippen molar-refractivity contribution in [3.05, 3.63) is 11.6 Å². The number of hydrogen-bond donors (Lipinski definition) is 1. The largest absolute Gasteiger partial charge is 0.298 e. The van der Waals surface area contributed by atoms with E-state index in [1.807, 2.05) is 0 Å². The third-order valence-corrected chi connectivity index (χ3v) is 8.73. The highest BCUT2D eigenvalue weighted by Gasteiger charge is 2.63. The molecule has 3 nitrogen and oxygen atoms in total. The monoisotopic (exact) mass is 360 g/mol. The molecule has 4 heteroatoms. The Morgan fingerprint density at radius 1 is 1.20 bits per heavy atom. The van der Waals surface area contributed by atoms with E-state index < -0.39 is 5.41 Å². The summed E-state index contributed by atoms with van der Waals surface area (Å²) in [6, 6.07) is 0. The zero-order valence-corrected chi connectivity index (χ0v) is 16.3. The summed E-state index contributed by atoms with van der Waals surface area (Å²) < 4.78 is 0. The van der Waals surface area contributed by atoms with Gasteiger partial charge >= 0.3 is 0 Å². The van der Waals surface area contributed by atoms with Crippen molar-refractivity contribution in [1.82, 2.24) is 0 Å². The topological polar surface area (TPSA) is 51.2 Å². The summed E-state index contributed by atoms with van der Waals surface area (Å²) in [4.78, 5) is 37.0. The smallest absolute Gasteiger partial charge is 0.189 e. The third-order valence-electron chi connectivity index (χ3n) is 8.45. The number of rotatable bonds is 1. The van der Waals surface area contributed by atoms with Gasteiger partial charge in [-0.1, -0.05) is 19.4 Å². The molecule has 0 aromatic carbocycles. The Kier molecular flexibility index (Phi) is 3.89. The van der Waals surface area contributed by atoms with Gasteiger partial charge in [-0.3, -0.25) is 14.4 Å². The number of carbonyl (C=O) groups is 3. The van der Waals surface area contributed by atoms with E-state index in [0.29, 0.717) is 23.7 Å². The molecule has 25 heavy (non-hydrogen) atoms. The minimum atomic E-state index is -0.454. The Morgan fingerprint density at radius 2 is 1.92 bits per heavy atom. The Balaban J connectivity index is 1.73. The number of thiol groups is 1. The molecular weight excluding hydrogens is 332 g/mol. The normalized spacial score (nSPS) is 49.1. The Bertz CT molecular complexity index is 695. The minimum absolute atomic E-state index is 0.0184. The van der Waals surface area contributed by atoms with Crippen LogP contribution in [0.2, 0.25) is 0 Å². The van der Waals surface area contributed by atoms with Gasteiger partial charge in [-0.05, 0) is 74.2 Å². The fourth-order valence-corrected chi connectivity index (χ4v) is 7.86. The van der Waals surface area contributed by atoms with Crippen LogP contribution >= 0.6 is 12.6 Å². The van der Waals surface area contributed by atoms with Crippen molar-refractivity contribution < 1.29 is 14.4 Å². The van der Waals surface area contributed by atoms with Gasteiger partial charge in [-0.2, -0.15) is 0 Å². The van der Waals surface area contributed by atoms with E-state index in [1.54, 1.807) is 6.08 Å². The summed E-state index contributed by atoms with van der Waals surface area (Å²) in [5, 5.41) is 0.0397. The molecule has 0 N–H and O–H groups in total. The third kappa shape index (κ3) is 2.22. The first-order valence-electron chi connectivity index (χ1n) is 9.69. The average molecular weight is 361 g/mol. The van der Waals surface area contributed by atoms with Crippen molar-refractivity contribution in [2.75, 3.05) is 0 Å². The van der Waals surface area contributed by atoms with E-state index in [1.165, 1.54) is 0 Å². The molecule has 0 aromatic rings. The van der Waals surface area contributed by atoms with Crippen LogP contribution in [0.5, 0.6) is 0 Å². The standard InChI is InChI=1S/C21H28O3S/c1-11-8-16-14-5-4-12-9-13(22)10-17(23)21(12,3)15(14)6-7-20(16,2)18(11)19(24)25/h9,11,14-16,18H,4-8,10H2,1-3H3,(H,24,25)/t11-,14-,15+,16+,18?,20+,21+/m1/s1. The van der Waals surface area contributed by atoms with Crippen molar-refractivity contribution in [2.45, 2.75) is 59.3 Å². The van der Waals surface area contributed by atoms with Crippen molar-refractivity contribution in [3.8, 4) is 0 Å². The van der Waals surface area contributed by atoms with Crippen LogP contribution in [-0.2, 0) is 14.4 Å². The molecule has 0 amide bonds. The van der Waals surface area contributed by atoms with Gasteiger partial charge in [-0.25, -0.2) is 0 Å². The Hall–Kier alpha value is -0.900. The van der Waals surface area contributed by atoms with Crippen LogP contribution in [0.15, 0.2) is 11.6 Å². The number of ketones is 2. The van der Waals surface area contributed by atoms with E-state index in [0.717, 1.165) is 37.7 Å². The van der Waals surface area contributed by atoms with Crippen LogP contribution in [0.1, 0.15) is 59.3 Å². The van der Waals surface area contributed by atoms with Gasteiger partial charge in [0.1, 0.15) is 0 Å². The summed E-state index contributed by atoms with van der Waals surface area (Å²) in [5.74, 6) is 1.81. The van der Waals surface area contributed by atoms with E-state index >= 15 is 0 Å². The van der Waals surface area contributed by atoms with Gasteiger partial charge in [0.15, 0.2) is 16.7 Å². The second-order valence-corrected chi connectivity index (χ2v) is 9.87. The highest BCUT2D eigenvalue weighted by Crippen LogP contribution is 2.67. The summed E-state index contributed by atoms with van der Waals surface area (Å²) >= 11 is 4.22. The first-order valence-corrected chi connectivity index (χ1v) is 10.1. The molecule has 0 aromatic heterocycles. The molecule has 0 radical (unpaired) electrons. The quantitative estimate of drug-likeness (QED) is 0.568. The lowest BCUT2D eigenvalue weighted by molar-refractivity contribution is -0.141. The second-order valence-electron chi connectivity index (χ2n) is 9.43. The summed E-state index contributed by atoms with van der Waals surface area (Å²) in [6.07, 6.45) is 6.78. The predicted molar refractivity (Wildman–Crippen MR) is 99.1 cm³/mol. The zero-order chi connectivity index (χ0) is 18.1. The SMILES string of the molecule is C[C@@H]1C[C@H]2[C@@H]3CCC4=CC(=O)CC(=O)[C@]4(C)[C@H]3CC[C@]2(C)C1C(=O)S. The molecule has 7 atom stereocenters. The van der Waals surface area contributed by atoms with Gasteiger partial charge in [0.25, 0.3) is 0 Å².